The molecule has 0 saturated carbocycles. The fourth-order valence-electron chi connectivity index (χ4n) is 1.48. The molecule has 108 valence electrons. The van der Waals surface area contributed by atoms with Gasteiger partial charge in [0.25, 0.3) is 5.69 Å². The van der Waals surface area contributed by atoms with E-state index in [2.05, 4.69) is 4.72 Å². The molecule has 1 unspecified atom stereocenters. The summed E-state index contributed by atoms with van der Waals surface area (Å²) in [7, 11) is -3.99. The molecular formula is C12H15N3O4S. The van der Waals surface area contributed by atoms with Gasteiger partial charge in [-0.15, -0.1) is 0 Å². The topological polar surface area (TPSA) is 113 Å². The Morgan fingerprint density at radius 3 is 2.55 bits per heavy atom. The Balaban J connectivity index is 3.28. The second kappa shape index (κ2) is 5.56. The average Bonchev–Trinajstić information content (AvgIpc) is 2.38. The molecule has 0 spiro atoms. The largest absolute Gasteiger partial charge is 0.273 e. The standard InChI is InChI=1S/C12H15N3O4S/c1-4-12(3,8-13)14-20(18,19)10-6-5-9(2)11(7-10)15(16)17/h5-7,14H,4H2,1-3H3. The van der Waals surface area contributed by atoms with E-state index in [1.54, 1.807) is 6.92 Å². The summed E-state index contributed by atoms with van der Waals surface area (Å²) in [5.74, 6) is 0. The normalized spacial score (nSPS) is 14.3. The quantitative estimate of drug-likeness (QED) is 0.658. The van der Waals surface area contributed by atoms with Gasteiger partial charge in [0.1, 0.15) is 5.54 Å². The van der Waals surface area contributed by atoms with Gasteiger partial charge in [0.05, 0.1) is 15.9 Å². The Kier molecular flexibility index (Phi) is 4.47. The van der Waals surface area contributed by atoms with Crippen LogP contribution in [0.5, 0.6) is 0 Å². The second-order valence-electron chi connectivity index (χ2n) is 4.61. The third-order valence-corrected chi connectivity index (χ3v) is 4.59. The van der Waals surface area contributed by atoms with Gasteiger partial charge >= 0.3 is 0 Å². The van der Waals surface area contributed by atoms with Gasteiger partial charge in [0, 0.05) is 11.6 Å². The van der Waals surface area contributed by atoms with Crippen LogP contribution in [0.3, 0.4) is 0 Å². The number of nitriles is 1. The smallest absolute Gasteiger partial charge is 0.258 e. The van der Waals surface area contributed by atoms with Crippen LogP contribution < -0.4 is 4.72 Å². The van der Waals surface area contributed by atoms with Crippen LogP contribution in [-0.4, -0.2) is 18.9 Å². The van der Waals surface area contributed by atoms with Crippen molar-refractivity contribution >= 4 is 15.7 Å². The van der Waals surface area contributed by atoms with E-state index < -0.39 is 20.5 Å². The molecule has 0 aliphatic rings. The molecule has 1 aromatic carbocycles. The zero-order valence-corrected chi connectivity index (χ0v) is 12.2. The summed E-state index contributed by atoms with van der Waals surface area (Å²) in [4.78, 5) is 9.96. The molecule has 7 nitrogen and oxygen atoms in total. The van der Waals surface area contributed by atoms with Crippen molar-refractivity contribution in [2.75, 3.05) is 0 Å². The maximum Gasteiger partial charge on any atom is 0.273 e. The second-order valence-corrected chi connectivity index (χ2v) is 6.29. The van der Waals surface area contributed by atoms with Crippen LogP contribution in [0.2, 0.25) is 0 Å². The zero-order valence-electron chi connectivity index (χ0n) is 11.4. The number of rotatable bonds is 5. The molecule has 0 aliphatic heterocycles. The lowest BCUT2D eigenvalue weighted by atomic mass is 10.0. The summed E-state index contributed by atoms with van der Waals surface area (Å²) in [5.41, 5.74) is -1.16. The maximum absolute atomic E-state index is 12.2. The maximum atomic E-state index is 12.2. The highest BCUT2D eigenvalue weighted by molar-refractivity contribution is 7.89. The SMILES string of the molecule is CCC(C)(C#N)NS(=O)(=O)c1ccc(C)c([N+](=O)[O-])c1. The highest BCUT2D eigenvalue weighted by atomic mass is 32.2. The van der Waals surface area contributed by atoms with Gasteiger partial charge in [-0.05, 0) is 26.3 Å². The molecule has 0 fully saturated rings. The third-order valence-electron chi connectivity index (χ3n) is 3.00. The molecule has 8 heteroatoms. The van der Waals surface area contributed by atoms with Gasteiger partial charge in [-0.3, -0.25) is 10.1 Å². The van der Waals surface area contributed by atoms with Crippen molar-refractivity contribution in [1.29, 1.82) is 5.26 Å². The number of hydrogen-bond donors (Lipinski definition) is 1. The van der Waals surface area contributed by atoms with Crippen molar-refractivity contribution in [2.24, 2.45) is 0 Å². The molecule has 1 rings (SSSR count). The molecule has 0 heterocycles. The van der Waals surface area contributed by atoms with Crippen LogP contribution >= 0.6 is 0 Å². The van der Waals surface area contributed by atoms with E-state index in [1.165, 1.54) is 26.0 Å². The molecule has 1 aromatic rings. The first kappa shape index (κ1) is 16.1. The zero-order chi connectivity index (χ0) is 15.6. The van der Waals surface area contributed by atoms with E-state index in [9.17, 15) is 18.5 Å². The molecule has 20 heavy (non-hydrogen) atoms. The summed E-state index contributed by atoms with van der Waals surface area (Å²) in [6.45, 7) is 4.64. The minimum Gasteiger partial charge on any atom is -0.258 e. The molecule has 0 saturated heterocycles. The molecule has 0 amide bonds. The molecule has 0 aliphatic carbocycles. The Hall–Kier alpha value is -1.98. The van der Waals surface area contributed by atoms with Crippen molar-refractivity contribution < 1.29 is 13.3 Å². The molecular weight excluding hydrogens is 282 g/mol. The van der Waals surface area contributed by atoms with Crippen molar-refractivity contribution in [2.45, 2.75) is 37.6 Å². The van der Waals surface area contributed by atoms with Crippen LogP contribution in [0.15, 0.2) is 23.1 Å². The van der Waals surface area contributed by atoms with Gasteiger partial charge in [0.15, 0.2) is 0 Å². The van der Waals surface area contributed by atoms with Crippen LogP contribution in [0.1, 0.15) is 25.8 Å². The van der Waals surface area contributed by atoms with E-state index in [4.69, 9.17) is 5.26 Å². The Labute approximate surface area is 117 Å². The van der Waals surface area contributed by atoms with Gasteiger partial charge in [-0.1, -0.05) is 13.0 Å². The minimum atomic E-state index is -3.99. The molecule has 1 atom stereocenters. The predicted octanol–water partition coefficient (Wildman–Crippen LogP) is 1.87. The summed E-state index contributed by atoms with van der Waals surface area (Å²) < 4.78 is 26.6. The number of nitrogens with one attached hydrogen (secondary N) is 1. The average molecular weight is 297 g/mol. The summed E-state index contributed by atoms with van der Waals surface area (Å²) in [6.07, 6.45) is 0.274. The molecule has 0 radical (unpaired) electrons. The molecule has 0 bridgehead atoms. The van der Waals surface area contributed by atoms with Gasteiger partial charge in [0.2, 0.25) is 10.0 Å². The molecule has 0 aromatic heterocycles. The van der Waals surface area contributed by atoms with Gasteiger partial charge < -0.3 is 0 Å². The van der Waals surface area contributed by atoms with Crippen molar-refractivity contribution in [3.05, 3.63) is 33.9 Å². The lowest BCUT2D eigenvalue weighted by Gasteiger charge is -2.21. The van der Waals surface area contributed by atoms with Crippen LogP contribution in [0, 0.1) is 28.4 Å². The molecule has 1 N–H and O–H groups in total. The Bertz CT molecular complexity index is 678. The minimum absolute atomic E-state index is 0.232. The lowest BCUT2D eigenvalue weighted by Crippen LogP contribution is -2.44. The fourth-order valence-corrected chi connectivity index (χ4v) is 2.90. The number of nitro benzene ring substituents is 1. The van der Waals surface area contributed by atoms with Crippen molar-refractivity contribution in [3.8, 4) is 6.07 Å². The highest BCUT2D eigenvalue weighted by Gasteiger charge is 2.30. The predicted molar refractivity (Wildman–Crippen MR) is 72.5 cm³/mol. The fraction of sp³-hybridized carbons (Fsp3) is 0.417. The Morgan fingerprint density at radius 1 is 1.50 bits per heavy atom. The van der Waals surface area contributed by atoms with E-state index >= 15 is 0 Å². The van der Waals surface area contributed by atoms with Crippen molar-refractivity contribution in [1.82, 2.24) is 4.72 Å². The van der Waals surface area contributed by atoms with Crippen molar-refractivity contribution in [3.63, 3.8) is 0 Å². The van der Waals surface area contributed by atoms with Crippen LogP contribution in [-0.2, 0) is 10.0 Å². The number of sulfonamides is 1. The number of benzene rings is 1. The summed E-state index contributed by atoms with van der Waals surface area (Å²) in [6, 6.07) is 5.51. The number of hydrogen-bond acceptors (Lipinski definition) is 5. The monoisotopic (exact) mass is 297 g/mol. The van der Waals surface area contributed by atoms with Crippen LogP contribution in [0.25, 0.3) is 0 Å². The number of nitrogens with zero attached hydrogens (tertiary/aromatic N) is 2. The third kappa shape index (κ3) is 3.31. The number of nitro groups is 1. The van der Waals surface area contributed by atoms with Gasteiger partial charge in [-0.2, -0.15) is 9.98 Å². The lowest BCUT2D eigenvalue weighted by molar-refractivity contribution is -0.385. The Morgan fingerprint density at radius 2 is 2.10 bits per heavy atom. The van der Waals surface area contributed by atoms with E-state index in [-0.39, 0.29) is 17.0 Å². The highest BCUT2D eigenvalue weighted by Crippen LogP contribution is 2.23. The first-order valence-corrected chi connectivity index (χ1v) is 7.34. The van der Waals surface area contributed by atoms with E-state index in [0.29, 0.717) is 5.56 Å². The van der Waals surface area contributed by atoms with E-state index in [1.807, 2.05) is 6.07 Å². The van der Waals surface area contributed by atoms with E-state index in [0.717, 1.165) is 6.07 Å². The summed E-state index contributed by atoms with van der Waals surface area (Å²) in [5, 5.41) is 19.8. The first-order chi connectivity index (χ1) is 9.15. The number of aryl methyl sites for hydroxylation is 1. The first-order valence-electron chi connectivity index (χ1n) is 5.85. The summed E-state index contributed by atoms with van der Waals surface area (Å²) >= 11 is 0. The van der Waals surface area contributed by atoms with Crippen LogP contribution in [0.4, 0.5) is 5.69 Å². The van der Waals surface area contributed by atoms with Gasteiger partial charge in [-0.25, -0.2) is 8.42 Å².